The summed E-state index contributed by atoms with van der Waals surface area (Å²) in [6.07, 6.45) is -10.6. The van der Waals surface area contributed by atoms with Crippen molar-refractivity contribution in [3.05, 3.63) is 24.3 Å². The number of nitrogens with one attached hydrogen (secondary N) is 3. The minimum absolute atomic E-state index is 0.328. The Kier molecular flexibility index (Phi) is 15.8. The Bertz CT molecular complexity index is 1710. The van der Waals surface area contributed by atoms with Crippen LogP contribution in [0.1, 0.15) is 19.8 Å². The second-order valence-corrected chi connectivity index (χ2v) is 12.4. The molecule has 0 saturated carbocycles. The highest BCUT2D eigenvalue weighted by molar-refractivity contribution is 7.80. The molecule has 0 aromatic rings. The van der Waals surface area contributed by atoms with Crippen LogP contribution in [0.15, 0.2) is 34.5 Å². The zero-order valence-corrected chi connectivity index (χ0v) is 29.1. The predicted molar refractivity (Wildman–Crippen MR) is 173 cm³/mol. The van der Waals surface area contributed by atoms with Crippen molar-refractivity contribution >= 4 is 70.1 Å². The van der Waals surface area contributed by atoms with Crippen molar-refractivity contribution in [1.29, 1.82) is 0 Å². The smallest absolute Gasteiger partial charge is 0.397 e. The summed E-state index contributed by atoms with van der Waals surface area (Å²) in [4.78, 5) is 96.9. The van der Waals surface area contributed by atoms with Gasteiger partial charge in [0.25, 0.3) is 23.6 Å². The molecule has 0 spiro atoms. The van der Waals surface area contributed by atoms with E-state index in [1.165, 1.54) is 0 Å². The van der Waals surface area contributed by atoms with E-state index >= 15 is 0 Å². The molecule has 0 aliphatic carbocycles. The van der Waals surface area contributed by atoms with Gasteiger partial charge in [-0.3, -0.25) is 47.9 Å². The molecule has 0 aromatic heterocycles. The largest absolute Gasteiger partial charge is 0.479 e. The van der Waals surface area contributed by atoms with Crippen molar-refractivity contribution in [2.75, 3.05) is 19.7 Å². The van der Waals surface area contributed by atoms with Crippen molar-refractivity contribution in [2.45, 2.75) is 68.9 Å². The quantitative estimate of drug-likeness (QED) is 0.0186. The first-order valence-electron chi connectivity index (χ1n) is 15.6. The van der Waals surface area contributed by atoms with Crippen LogP contribution in [0.4, 0.5) is 0 Å². The fourth-order valence-electron chi connectivity index (χ4n) is 4.74. The van der Waals surface area contributed by atoms with Gasteiger partial charge in [-0.15, -0.1) is 0 Å². The third-order valence-electron chi connectivity index (χ3n) is 7.30. The van der Waals surface area contributed by atoms with Crippen LogP contribution in [-0.4, -0.2) is 172 Å². The first-order chi connectivity index (χ1) is 25.8. The molecule has 27 heteroatoms. The second-order valence-electron chi connectivity index (χ2n) is 11.3. The van der Waals surface area contributed by atoms with Crippen molar-refractivity contribution in [3.8, 4) is 0 Å². The summed E-state index contributed by atoms with van der Waals surface area (Å²) in [7, 11) is -5.11. The first kappa shape index (κ1) is 44.0. The molecule has 55 heavy (non-hydrogen) atoms. The average molecular weight is 806 g/mol. The molecule has 1 saturated heterocycles. The Morgan fingerprint density at radius 1 is 0.909 bits per heavy atom. The Hall–Kier alpha value is -5.39. The van der Waals surface area contributed by atoms with E-state index in [1.54, 1.807) is 0 Å². The fraction of sp³-hybridized carbons (Fsp3) is 0.500. The van der Waals surface area contributed by atoms with Gasteiger partial charge in [-0.05, 0) is 0 Å². The van der Waals surface area contributed by atoms with Gasteiger partial charge in [0.15, 0.2) is 18.7 Å². The molecule has 0 aromatic carbocycles. The van der Waals surface area contributed by atoms with E-state index in [0.717, 1.165) is 41.0 Å². The van der Waals surface area contributed by atoms with Gasteiger partial charge in [0.1, 0.15) is 30.5 Å². The maximum Gasteiger partial charge on any atom is 0.397 e. The topological polar surface area (TPSA) is 376 Å². The molecule has 302 valence electrons. The number of ether oxygens (including phenoxy) is 3. The number of imide groups is 2. The van der Waals surface area contributed by atoms with E-state index in [0.29, 0.717) is 12.4 Å². The maximum atomic E-state index is 12.4. The molecule has 3 rings (SSSR count). The predicted octanol–water partition coefficient (Wildman–Crippen LogP) is -6.24. The summed E-state index contributed by atoms with van der Waals surface area (Å²) in [5.74, 6) is -7.18. The number of amides is 7. The molecule has 26 nitrogen and oxygen atoms in total. The van der Waals surface area contributed by atoms with Crippen LogP contribution in [0, 0.1) is 0 Å². The van der Waals surface area contributed by atoms with Crippen LogP contribution in [-0.2, 0) is 67.1 Å². The summed E-state index contributed by atoms with van der Waals surface area (Å²) in [5.41, 5.74) is 3.91. The molecule has 0 radical (unpaired) electrons. The van der Waals surface area contributed by atoms with Crippen LogP contribution in [0.3, 0.4) is 0 Å². The summed E-state index contributed by atoms with van der Waals surface area (Å²) in [5, 5.41) is 51.2. The lowest BCUT2D eigenvalue weighted by Gasteiger charge is -2.43. The van der Waals surface area contributed by atoms with Gasteiger partial charge in [-0.25, -0.2) is 19.8 Å². The van der Waals surface area contributed by atoms with Crippen molar-refractivity contribution < 1.29 is 90.1 Å². The molecule has 7 amide bonds. The van der Waals surface area contributed by atoms with Gasteiger partial charge in [0.05, 0.1) is 19.0 Å². The van der Waals surface area contributed by atoms with E-state index in [-0.39, 0.29) is 13.1 Å². The number of rotatable bonds is 20. The molecular formula is C28H35N7O19S. The lowest BCUT2D eigenvalue weighted by atomic mass is 9.96. The van der Waals surface area contributed by atoms with Gasteiger partial charge in [0, 0.05) is 57.2 Å². The molecule has 0 bridgehead atoms. The number of nitrogens with zero attached hydrogens (tertiary/aromatic N) is 4. The van der Waals surface area contributed by atoms with Gasteiger partial charge in [-0.1, -0.05) is 0 Å². The van der Waals surface area contributed by atoms with E-state index in [4.69, 9.17) is 18.8 Å². The molecule has 3 heterocycles. The third kappa shape index (κ3) is 13.4. The minimum Gasteiger partial charge on any atom is -0.479 e. The normalized spacial score (nSPS) is 24.5. The minimum atomic E-state index is -5.11. The van der Waals surface area contributed by atoms with E-state index in [2.05, 4.69) is 19.7 Å². The second kappa shape index (κ2) is 19.8. The van der Waals surface area contributed by atoms with Crippen molar-refractivity contribution in [2.24, 2.45) is 10.2 Å². The highest BCUT2D eigenvalue weighted by atomic mass is 32.3. The van der Waals surface area contributed by atoms with Crippen LogP contribution >= 0.6 is 0 Å². The molecule has 3 aliphatic rings. The number of hydrogen-bond acceptors (Lipinski definition) is 19. The fourth-order valence-corrected chi connectivity index (χ4v) is 5.04. The zero-order chi connectivity index (χ0) is 41.0. The Morgan fingerprint density at radius 2 is 1.40 bits per heavy atom. The summed E-state index contributed by atoms with van der Waals surface area (Å²) in [6.45, 7) is -0.845. The number of carbonyl (C=O) groups is 8. The Balaban J connectivity index is 1.80. The summed E-state index contributed by atoms with van der Waals surface area (Å²) < 4.78 is 51.4. The molecular weight excluding hydrogens is 770 g/mol. The number of aliphatic hydroxyl groups is 3. The lowest BCUT2D eigenvalue weighted by molar-refractivity contribution is -0.283. The first-order valence-corrected chi connectivity index (χ1v) is 17.0. The Labute approximate surface area is 309 Å². The number of carbonyl (C=O) groups excluding carboxylic acids is 7. The van der Waals surface area contributed by atoms with Crippen LogP contribution < -0.4 is 16.2 Å². The van der Waals surface area contributed by atoms with E-state index in [9.17, 15) is 67.2 Å². The average Bonchev–Trinajstić information content (AvgIpc) is 3.59. The van der Waals surface area contributed by atoms with Gasteiger partial charge in [-0.2, -0.15) is 18.6 Å². The van der Waals surface area contributed by atoms with Gasteiger partial charge in [0.2, 0.25) is 17.7 Å². The van der Waals surface area contributed by atoms with Crippen LogP contribution in [0.2, 0.25) is 0 Å². The molecule has 8 atom stereocenters. The number of aliphatic hydroxyl groups excluding tert-OH is 3. The molecule has 8 N–H and O–H groups in total. The molecule has 3 aliphatic heterocycles. The highest BCUT2D eigenvalue weighted by Gasteiger charge is 2.48. The standard InChI is InChI=1S/C28H35N7O19S/c1-13(36)31-23-26(24(44)15(52-28(23)47)12-51-55(48,49)50)54-22(11-30-33-17(39)7-9-35-20(42)4-5-21(35)43)53-25(27(45)46)14(37)10-29-32-16(38)6-8-34-18(40)2-3-19(34)41/h2-5,10-11,14-15,22-26,28,37,44,47H,6-9,12H2,1H3,(H,31,36)(H,32,38)(H,33,39)(H,45,46)(H,48,49,50)/b29-10+,30-11-. The Morgan fingerprint density at radius 3 is 1.85 bits per heavy atom. The van der Waals surface area contributed by atoms with Gasteiger partial charge >= 0.3 is 16.4 Å². The van der Waals surface area contributed by atoms with Gasteiger partial charge < -0.3 is 40.0 Å². The van der Waals surface area contributed by atoms with E-state index in [1.807, 2.05) is 10.9 Å². The van der Waals surface area contributed by atoms with Crippen molar-refractivity contribution in [1.82, 2.24) is 26.0 Å². The molecule has 1 fully saturated rings. The highest BCUT2D eigenvalue weighted by Crippen LogP contribution is 2.25. The lowest BCUT2D eigenvalue weighted by Crippen LogP contribution is -2.65. The van der Waals surface area contributed by atoms with Crippen LogP contribution in [0.25, 0.3) is 0 Å². The summed E-state index contributed by atoms with van der Waals surface area (Å²) >= 11 is 0. The number of carboxylic acids is 1. The zero-order valence-electron chi connectivity index (χ0n) is 28.3. The van der Waals surface area contributed by atoms with E-state index < -0.39 is 126 Å². The number of hydrogen-bond donors (Lipinski definition) is 8. The monoisotopic (exact) mass is 805 g/mol. The van der Waals surface area contributed by atoms with Crippen LogP contribution in [0.5, 0.6) is 0 Å². The number of hydrazone groups is 2. The van der Waals surface area contributed by atoms with Crippen molar-refractivity contribution in [3.63, 3.8) is 0 Å². The SMILES string of the molecule is CC(=O)NC1C(O)OC(COS(=O)(=O)O)C(O)C1OC(/C=N\NC(=O)CCN1C(=O)C=CC1=O)OC(C(=O)O)C(O)/C=N/NC(=O)CCN1C(=O)C=CC1=O. The number of aliphatic carboxylic acids is 1. The summed E-state index contributed by atoms with van der Waals surface area (Å²) in [6, 6.07) is -1.72. The maximum absolute atomic E-state index is 12.4. The molecule has 8 unspecified atom stereocenters. The third-order valence-corrected chi connectivity index (χ3v) is 7.73. The number of carboxylic acid groups (broad SMARTS) is 1.